The Morgan fingerprint density at radius 3 is 1.59 bits per heavy atom. The summed E-state index contributed by atoms with van der Waals surface area (Å²) < 4.78 is 103. The predicted molar refractivity (Wildman–Crippen MR) is 140 cm³/mol. The number of benzene rings is 1. The third-order valence-corrected chi connectivity index (χ3v) is 6.84. The maximum atomic E-state index is 10.6. The van der Waals surface area contributed by atoms with Gasteiger partial charge in [0.05, 0.1) is 12.6 Å². The van der Waals surface area contributed by atoms with Crippen molar-refractivity contribution in [3.8, 4) is 5.75 Å². The molecule has 2 aliphatic heterocycles. The number of imidazole rings is 1. The van der Waals surface area contributed by atoms with Gasteiger partial charge in [-0.2, -0.15) is 39.5 Å². The highest BCUT2D eigenvalue weighted by molar-refractivity contribution is 5.73. The van der Waals surface area contributed by atoms with Crippen LogP contribution in [-0.4, -0.2) is 105 Å². The van der Waals surface area contributed by atoms with Crippen LogP contribution in [0.25, 0.3) is 0 Å². The number of aryl methyl sites for hydroxylation is 1. The summed E-state index contributed by atoms with van der Waals surface area (Å²) >= 11 is 0. The number of hydrogen-bond acceptors (Lipinski definition) is 7. The first-order valence-corrected chi connectivity index (χ1v) is 12.9. The Labute approximate surface area is 255 Å². The molecule has 3 heterocycles. The van der Waals surface area contributed by atoms with Crippen molar-refractivity contribution in [3.05, 3.63) is 47.5 Å². The van der Waals surface area contributed by atoms with E-state index in [1.165, 1.54) is 17.1 Å². The van der Waals surface area contributed by atoms with Gasteiger partial charge >= 0.3 is 36.4 Å². The number of methoxy groups -OCH3 is 1. The Morgan fingerprint density at radius 2 is 1.22 bits per heavy atom. The van der Waals surface area contributed by atoms with Gasteiger partial charge in [-0.05, 0) is 44.5 Å². The number of alkyl halides is 9. The summed E-state index contributed by atoms with van der Waals surface area (Å²) in [5.74, 6) is -6.07. The molecule has 0 amide bonds. The largest absolute Gasteiger partial charge is 0.497 e. The third-order valence-electron chi connectivity index (χ3n) is 6.84. The Kier molecular flexibility index (Phi) is 13.9. The molecule has 2 aromatic rings. The van der Waals surface area contributed by atoms with Gasteiger partial charge in [0.2, 0.25) is 0 Å². The molecule has 1 aromatic heterocycles. The molecule has 4 rings (SSSR count). The molecule has 260 valence electrons. The lowest BCUT2D eigenvalue weighted by Crippen LogP contribution is -2.56. The summed E-state index contributed by atoms with van der Waals surface area (Å²) in [7, 11) is 3.98. The van der Waals surface area contributed by atoms with Crippen molar-refractivity contribution in [3.63, 3.8) is 0 Å². The number of piperidine rings is 1. The van der Waals surface area contributed by atoms with Gasteiger partial charge in [-0.15, -0.1) is 0 Å². The maximum Gasteiger partial charge on any atom is 0.490 e. The van der Waals surface area contributed by atoms with E-state index in [0.717, 1.165) is 51.3 Å². The molecule has 0 aliphatic carbocycles. The average Bonchev–Trinajstić information content (AvgIpc) is 3.33. The number of likely N-dealkylation sites (tertiary alicyclic amines) is 1. The highest BCUT2D eigenvalue weighted by atomic mass is 19.4. The summed E-state index contributed by atoms with van der Waals surface area (Å²) in [6.07, 6.45) is -10.9. The molecule has 1 fully saturated rings. The molecule has 20 heteroatoms. The first kappa shape index (κ1) is 40.0. The van der Waals surface area contributed by atoms with Crippen molar-refractivity contribution in [1.29, 1.82) is 0 Å². The van der Waals surface area contributed by atoms with Crippen LogP contribution in [0.15, 0.2) is 30.5 Å². The minimum atomic E-state index is -5.08. The smallest absolute Gasteiger partial charge is 0.490 e. The maximum absolute atomic E-state index is 10.6. The van der Waals surface area contributed by atoms with E-state index >= 15 is 0 Å². The Balaban J connectivity index is 0.000000413. The molecule has 11 nitrogen and oxygen atoms in total. The molecule has 46 heavy (non-hydrogen) atoms. The molecular weight excluding hydrogens is 651 g/mol. The summed E-state index contributed by atoms with van der Waals surface area (Å²) in [5, 5.41) is 21.4. The summed E-state index contributed by atoms with van der Waals surface area (Å²) in [4.78, 5) is 36.6. The van der Waals surface area contributed by atoms with Crippen LogP contribution in [0.1, 0.15) is 29.9 Å². The van der Waals surface area contributed by atoms with E-state index in [9.17, 15) is 39.5 Å². The summed E-state index contributed by atoms with van der Waals surface area (Å²) in [6.45, 7) is 7.59. The Hall–Kier alpha value is -4.07. The standard InChI is InChI=1S/C20H28N4O.3C2HF3O2/c1-16-14-21-19-20(22(2)12-13-24(16)19)8-10-23(11-9-20)15-17-4-6-18(25-3)7-5-17;3*3-2(4,5)1(6)7/h4-7,14H,8-13,15H2,1-3H3;3*(H,6,7). The normalized spacial score (nSPS) is 16.3. The van der Waals surface area contributed by atoms with Crippen LogP contribution in [0.4, 0.5) is 39.5 Å². The van der Waals surface area contributed by atoms with E-state index in [1.54, 1.807) is 7.11 Å². The van der Waals surface area contributed by atoms with Gasteiger partial charge in [-0.3, -0.25) is 9.80 Å². The van der Waals surface area contributed by atoms with Crippen molar-refractivity contribution in [2.45, 2.75) is 56.9 Å². The fourth-order valence-corrected chi connectivity index (χ4v) is 4.42. The number of rotatable bonds is 3. The van der Waals surface area contributed by atoms with Crippen molar-refractivity contribution >= 4 is 17.9 Å². The number of ether oxygens (including phenoxy) is 1. The minimum Gasteiger partial charge on any atom is -0.497 e. The monoisotopic (exact) mass is 682 g/mol. The van der Waals surface area contributed by atoms with E-state index < -0.39 is 36.4 Å². The molecule has 0 atom stereocenters. The molecule has 1 aromatic carbocycles. The number of aliphatic carboxylic acids is 3. The van der Waals surface area contributed by atoms with Gasteiger partial charge in [-0.25, -0.2) is 19.4 Å². The van der Waals surface area contributed by atoms with Crippen molar-refractivity contribution in [2.75, 3.05) is 33.8 Å². The predicted octanol–water partition coefficient (Wildman–Crippen LogP) is 4.54. The second-order valence-corrected chi connectivity index (χ2v) is 9.86. The molecule has 3 N–H and O–H groups in total. The fourth-order valence-electron chi connectivity index (χ4n) is 4.42. The number of nitrogens with zero attached hydrogens (tertiary/aromatic N) is 4. The number of likely N-dealkylation sites (N-methyl/N-ethyl adjacent to an activating group) is 1. The van der Waals surface area contributed by atoms with Gasteiger partial charge in [0.25, 0.3) is 0 Å². The van der Waals surface area contributed by atoms with Crippen LogP contribution >= 0.6 is 0 Å². The fraction of sp³-hybridized carbons (Fsp3) is 0.538. The zero-order valence-corrected chi connectivity index (χ0v) is 24.5. The van der Waals surface area contributed by atoms with E-state index in [2.05, 4.69) is 52.6 Å². The molecule has 2 aliphatic rings. The van der Waals surface area contributed by atoms with Crippen LogP contribution in [0.2, 0.25) is 0 Å². The number of aromatic nitrogens is 2. The van der Waals surface area contributed by atoms with E-state index in [0.29, 0.717) is 0 Å². The average molecular weight is 683 g/mol. The number of carbonyl (C=O) groups is 3. The van der Waals surface area contributed by atoms with Crippen LogP contribution in [0.5, 0.6) is 5.75 Å². The zero-order chi connectivity index (χ0) is 35.7. The minimum absolute atomic E-state index is 0.114. The molecule has 0 bridgehead atoms. The summed E-state index contributed by atoms with van der Waals surface area (Å²) in [6, 6.07) is 8.45. The van der Waals surface area contributed by atoms with Crippen molar-refractivity contribution in [1.82, 2.24) is 19.4 Å². The van der Waals surface area contributed by atoms with Crippen LogP contribution in [0, 0.1) is 6.92 Å². The number of carboxylic acids is 3. The first-order valence-electron chi connectivity index (χ1n) is 12.9. The molecule has 0 saturated carbocycles. The highest BCUT2D eigenvalue weighted by Crippen LogP contribution is 2.40. The lowest BCUT2D eigenvalue weighted by Gasteiger charge is -2.49. The van der Waals surface area contributed by atoms with Gasteiger partial charge in [-0.1, -0.05) is 12.1 Å². The first-order chi connectivity index (χ1) is 21.0. The Bertz CT molecular complexity index is 1250. The number of fused-ring (bicyclic) bond motifs is 2. The van der Waals surface area contributed by atoms with Gasteiger partial charge in [0.15, 0.2) is 0 Å². The van der Waals surface area contributed by atoms with Crippen LogP contribution < -0.4 is 4.74 Å². The lowest BCUT2D eigenvalue weighted by atomic mass is 9.83. The van der Waals surface area contributed by atoms with Crippen molar-refractivity contribution < 1.29 is 74.0 Å². The van der Waals surface area contributed by atoms with Crippen LogP contribution in [0.3, 0.4) is 0 Å². The molecule has 1 saturated heterocycles. The van der Waals surface area contributed by atoms with Gasteiger partial charge in [0, 0.05) is 44.6 Å². The second-order valence-electron chi connectivity index (χ2n) is 9.86. The third kappa shape index (κ3) is 11.7. The topological polar surface area (TPSA) is 145 Å². The van der Waals surface area contributed by atoms with E-state index in [1.807, 2.05) is 6.20 Å². The lowest BCUT2D eigenvalue weighted by molar-refractivity contribution is -0.193. The molecular formula is C26H31F9N4O7. The van der Waals surface area contributed by atoms with E-state index in [4.69, 9.17) is 39.4 Å². The van der Waals surface area contributed by atoms with E-state index in [-0.39, 0.29) is 5.54 Å². The second kappa shape index (κ2) is 16.0. The zero-order valence-electron chi connectivity index (χ0n) is 24.5. The Morgan fingerprint density at radius 1 is 0.804 bits per heavy atom. The SMILES string of the molecule is COc1ccc(CN2CCC3(CC2)c2ncc(C)n2CCN3C)cc1.O=C(O)C(F)(F)F.O=C(O)C(F)(F)F.O=C(O)C(F)(F)F. The summed E-state index contributed by atoms with van der Waals surface area (Å²) in [5.41, 5.74) is 2.76. The molecule has 0 radical (unpaired) electrons. The number of halogens is 9. The number of carboxylic acid groups (broad SMARTS) is 3. The number of hydrogen-bond donors (Lipinski definition) is 3. The van der Waals surface area contributed by atoms with Gasteiger partial charge in [0.1, 0.15) is 11.6 Å². The van der Waals surface area contributed by atoms with Gasteiger partial charge < -0.3 is 24.6 Å². The highest BCUT2D eigenvalue weighted by Gasteiger charge is 2.45. The van der Waals surface area contributed by atoms with Crippen LogP contribution in [-0.2, 0) is 33.0 Å². The molecule has 1 spiro atoms. The molecule has 0 unspecified atom stereocenters. The van der Waals surface area contributed by atoms with Crippen molar-refractivity contribution in [2.24, 2.45) is 0 Å². The quantitative estimate of drug-likeness (QED) is 0.395.